The van der Waals surface area contributed by atoms with Gasteiger partial charge in [0.2, 0.25) is 0 Å². The van der Waals surface area contributed by atoms with Crippen LogP contribution in [-0.4, -0.2) is 5.71 Å². The van der Waals surface area contributed by atoms with Gasteiger partial charge in [-0.25, -0.2) is 4.83 Å². The van der Waals surface area contributed by atoms with Crippen molar-refractivity contribution in [2.75, 3.05) is 0 Å². The fourth-order valence-electron chi connectivity index (χ4n) is 3.91. The van der Waals surface area contributed by atoms with Gasteiger partial charge in [-0.3, -0.25) is 0 Å². The van der Waals surface area contributed by atoms with Gasteiger partial charge in [-0.2, -0.15) is 5.10 Å². The molecule has 0 atom stereocenters. The van der Waals surface area contributed by atoms with Crippen molar-refractivity contribution >= 4 is 17.7 Å². The molecule has 0 radical (unpaired) electrons. The van der Waals surface area contributed by atoms with Crippen LogP contribution in [0, 0.1) is 18.8 Å². The SMILES string of the molecule is Cc1ccc(SNN=C2CCC(C3CCCCC3)CC2)cc1. The second-order valence-corrected chi connectivity index (χ2v) is 7.78. The van der Waals surface area contributed by atoms with Crippen LogP contribution in [0.2, 0.25) is 0 Å². The van der Waals surface area contributed by atoms with Crippen LogP contribution >= 0.6 is 11.9 Å². The summed E-state index contributed by atoms with van der Waals surface area (Å²) in [4.78, 5) is 4.42. The monoisotopic (exact) mass is 316 g/mol. The summed E-state index contributed by atoms with van der Waals surface area (Å²) in [5, 5.41) is 4.61. The maximum absolute atomic E-state index is 4.61. The average molecular weight is 317 g/mol. The van der Waals surface area contributed by atoms with Gasteiger partial charge in [0.15, 0.2) is 0 Å². The van der Waals surface area contributed by atoms with Gasteiger partial charge in [0.1, 0.15) is 0 Å². The van der Waals surface area contributed by atoms with E-state index in [1.54, 1.807) is 11.9 Å². The molecular weight excluding hydrogens is 288 g/mol. The normalized spacial score (nSPS) is 23.3. The molecule has 1 N–H and O–H groups in total. The fraction of sp³-hybridized carbons (Fsp3) is 0.632. The molecule has 3 heteroatoms. The number of hydrazone groups is 1. The van der Waals surface area contributed by atoms with Gasteiger partial charge in [-0.15, -0.1) is 0 Å². The van der Waals surface area contributed by atoms with Crippen LogP contribution in [0.4, 0.5) is 0 Å². The third kappa shape index (κ3) is 4.52. The van der Waals surface area contributed by atoms with E-state index in [-0.39, 0.29) is 0 Å². The van der Waals surface area contributed by atoms with Crippen molar-refractivity contribution in [2.24, 2.45) is 16.9 Å². The lowest BCUT2D eigenvalue weighted by atomic mass is 9.73. The van der Waals surface area contributed by atoms with Gasteiger partial charge in [0, 0.05) is 22.6 Å². The molecule has 2 aliphatic carbocycles. The Bertz CT molecular complexity index is 479. The molecular formula is C19H28N2S. The highest BCUT2D eigenvalue weighted by Gasteiger charge is 2.26. The van der Waals surface area contributed by atoms with Crippen molar-refractivity contribution in [1.29, 1.82) is 0 Å². The minimum atomic E-state index is 0.976. The summed E-state index contributed by atoms with van der Waals surface area (Å²) < 4.78 is 0. The number of benzene rings is 1. The van der Waals surface area contributed by atoms with E-state index in [4.69, 9.17) is 0 Å². The van der Waals surface area contributed by atoms with Crippen LogP contribution < -0.4 is 4.83 Å². The zero-order chi connectivity index (χ0) is 15.2. The third-order valence-corrected chi connectivity index (χ3v) is 6.00. The zero-order valence-corrected chi connectivity index (χ0v) is 14.5. The lowest BCUT2D eigenvalue weighted by molar-refractivity contribution is 0.221. The molecule has 3 rings (SSSR count). The number of aryl methyl sites for hydroxylation is 1. The third-order valence-electron chi connectivity index (χ3n) is 5.31. The first-order valence-electron chi connectivity index (χ1n) is 8.85. The molecule has 2 saturated carbocycles. The predicted molar refractivity (Wildman–Crippen MR) is 96.1 cm³/mol. The predicted octanol–water partition coefficient (Wildman–Crippen LogP) is 5.72. The van der Waals surface area contributed by atoms with E-state index in [2.05, 4.69) is 41.1 Å². The summed E-state index contributed by atoms with van der Waals surface area (Å²) in [6.07, 6.45) is 12.5. The maximum Gasteiger partial charge on any atom is 0.0388 e. The Labute approximate surface area is 139 Å². The first-order valence-corrected chi connectivity index (χ1v) is 9.67. The molecule has 0 aliphatic heterocycles. The second kappa shape index (κ2) is 8.05. The molecule has 0 unspecified atom stereocenters. The molecule has 0 heterocycles. The van der Waals surface area contributed by atoms with Crippen molar-refractivity contribution in [2.45, 2.75) is 69.6 Å². The maximum atomic E-state index is 4.61. The highest BCUT2D eigenvalue weighted by Crippen LogP contribution is 2.37. The van der Waals surface area contributed by atoms with E-state index in [0.29, 0.717) is 0 Å². The van der Waals surface area contributed by atoms with Crippen LogP contribution in [0.3, 0.4) is 0 Å². The van der Waals surface area contributed by atoms with Crippen molar-refractivity contribution in [3.8, 4) is 0 Å². The van der Waals surface area contributed by atoms with Crippen LogP contribution in [0.5, 0.6) is 0 Å². The van der Waals surface area contributed by atoms with Gasteiger partial charge in [0.05, 0.1) is 0 Å². The van der Waals surface area contributed by atoms with E-state index in [1.807, 2.05) is 0 Å². The first-order chi connectivity index (χ1) is 10.8. The standard InChI is InChI=1S/C19H28N2S/c1-15-7-13-19(14-8-15)22-21-20-18-11-9-17(10-12-18)16-5-3-2-4-6-16/h7-8,13-14,16-17,21H,2-6,9-12H2,1H3. The Morgan fingerprint density at radius 3 is 2.23 bits per heavy atom. The average Bonchev–Trinajstić information content (AvgIpc) is 2.58. The van der Waals surface area contributed by atoms with Crippen LogP contribution in [0.1, 0.15) is 63.4 Å². The molecule has 0 saturated heterocycles. The minimum Gasteiger partial charge on any atom is -0.247 e. The lowest BCUT2D eigenvalue weighted by Crippen LogP contribution is -2.24. The van der Waals surface area contributed by atoms with Gasteiger partial charge in [0.25, 0.3) is 0 Å². The number of nitrogens with one attached hydrogen (secondary N) is 1. The van der Waals surface area contributed by atoms with E-state index in [0.717, 1.165) is 11.8 Å². The topological polar surface area (TPSA) is 24.4 Å². The smallest absolute Gasteiger partial charge is 0.0388 e. The first kappa shape index (κ1) is 15.9. The van der Waals surface area contributed by atoms with E-state index in [1.165, 1.54) is 74.0 Å². The van der Waals surface area contributed by atoms with Gasteiger partial charge < -0.3 is 0 Å². The Balaban J connectivity index is 1.41. The largest absolute Gasteiger partial charge is 0.247 e. The molecule has 1 aromatic rings. The molecule has 0 aromatic heterocycles. The Morgan fingerprint density at radius 2 is 1.55 bits per heavy atom. The summed E-state index contributed by atoms with van der Waals surface area (Å²) >= 11 is 1.61. The van der Waals surface area contributed by atoms with E-state index in [9.17, 15) is 0 Å². The minimum absolute atomic E-state index is 0.976. The molecule has 2 nitrogen and oxygen atoms in total. The molecule has 2 fully saturated rings. The lowest BCUT2D eigenvalue weighted by Gasteiger charge is -2.33. The van der Waals surface area contributed by atoms with Crippen LogP contribution in [0.25, 0.3) is 0 Å². The highest BCUT2D eigenvalue weighted by atomic mass is 32.2. The van der Waals surface area contributed by atoms with Gasteiger partial charge in [-0.05, 0) is 56.6 Å². The van der Waals surface area contributed by atoms with Crippen molar-refractivity contribution in [1.82, 2.24) is 4.83 Å². The summed E-state index contributed by atoms with van der Waals surface area (Å²) in [5.74, 6) is 1.99. The van der Waals surface area contributed by atoms with E-state index < -0.39 is 0 Å². The van der Waals surface area contributed by atoms with Crippen molar-refractivity contribution < 1.29 is 0 Å². The van der Waals surface area contributed by atoms with E-state index >= 15 is 0 Å². The Kier molecular flexibility index (Phi) is 5.82. The zero-order valence-electron chi connectivity index (χ0n) is 13.7. The van der Waals surface area contributed by atoms with Gasteiger partial charge in [-0.1, -0.05) is 49.8 Å². The molecule has 2 aliphatic rings. The van der Waals surface area contributed by atoms with Gasteiger partial charge >= 0.3 is 0 Å². The Morgan fingerprint density at radius 1 is 0.909 bits per heavy atom. The number of rotatable bonds is 4. The van der Waals surface area contributed by atoms with Crippen LogP contribution in [-0.2, 0) is 0 Å². The number of hydrogen-bond acceptors (Lipinski definition) is 3. The second-order valence-electron chi connectivity index (χ2n) is 6.92. The molecule has 0 amide bonds. The molecule has 120 valence electrons. The highest BCUT2D eigenvalue weighted by molar-refractivity contribution is 7.97. The molecule has 1 aromatic carbocycles. The quantitative estimate of drug-likeness (QED) is 0.567. The van der Waals surface area contributed by atoms with Crippen molar-refractivity contribution in [3.63, 3.8) is 0 Å². The molecule has 0 spiro atoms. The van der Waals surface area contributed by atoms with Crippen molar-refractivity contribution in [3.05, 3.63) is 29.8 Å². The summed E-state index contributed by atoms with van der Waals surface area (Å²) in [5.41, 5.74) is 2.67. The molecule has 0 bridgehead atoms. The van der Waals surface area contributed by atoms with Crippen LogP contribution in [0.15, 0.2) is 34.3 Å². The summed E-state index contributed by atoms with van der Waals surface area (Å²) in [6.45, 7) is 2.12. The fourth-order valence-corrected chi connectivity index (χ4v) is 4.46. The summed E-state index contributed by atoms with van der Waals surface area (Å²) in [7, 11) is 0. The number of hydrogen-bond donors (Lipinski definition) is 1. The number of nitrogens with zero attached hydrogens (tertiary/aromatic N) is 1. The Hall–Kier alpha value is -0.960. The molecule has 22 heavy (non-hydrogen) atoms. The summed E-state index contributed by atoms with van der Waals surface area (Å²) in [6, 6.07) is 8.58.